The molecule has 11 rings (SSSR count). The fourth-order valence-corrected chi connectivity index (χ4v) is 8.43. The van der Waals surface area contributed by atoms with Crippen molar-refractivity contribution in [3.05, 3.63) is 169 Å². The van der Waals surface area contributed by atoms with Gasteiger partial charge in [0.2, 0.25) is 0 Å². The highest BCUT2D eigenvalue weighted by Gasteiger charge is 2.35. The first-order chi connectivity index (χ1) is 26.0. The summed E-state index contributed by atoms with van der Waals surface area (Å²) in [4.78, 5) is 14.9. The van der Waals surface area contributed by atoms with Gasteiger partial charge in [-0.1, -0.05) is 123 Å². The van der Waals surface area contributed by atoms with Gasteiger partial charge in [0, 0.05) is 55.4 Å². The predicted molar refractivity (Wildman–Crippen MR) is 215 cm³/mol. The molecule has 0 unspecified atom stereocenters. The normalized spacial score (nSPS) is 13.2. The summed E-state index contributed by atoms with van der Waals surface area (Å²) in [5.41, 5.74) is 13.2. The standard InChI is InChI=1S/C48H32N4O/c1-48(2)39-19-11-9-17-33(39)34-23-22-32(26-40(34)48)52-41-20-12-10-18-35(41)36-27-38-37-25-31(21-24-43(37)53-44(38)28-42(36)52)47-50-45(29-13-5-3-6-14-29)49-46(51-47)30-15-7-4-8-16-30/h3-28H,1-2H3. The molecular formula is C48H32N4O. The van der Waals surface area contributed by atoms with E-state index in [-0.39, 0.29) is 5.41 Å². The Balaban J connectivity index is 1.10. The van der Waals surface area contributed by atoms with E-state index in [4.69, 9.17) is 19.4 Å². The smallest absolute Gasteiger partial charge is 0.164 e. The molecule has 0 bridgehead atoms. The zero-order valence-electron chi connectivity index (χ0n) is 29.2. The van der Waals surface area contributed by atoms with Crippen LogP contribution in [-0.2, 0) is 5.41 Å². The Labute approximate surface area is 305 Å². The van der Waals surface area contributed by atoms with Crippen molar-refractivity contribution in [1.29, 1.82) is 0 Å². The molecule has 0 saturated carbocycles. The summed E-state index contributed by atoms with van der Waals surface area (Å²) in [7, 11) is 0. The van der Waals surface area contributed by atoms with Crippen LogP contribution in [-0.4, -0.2) is 19.5 Å². The summed E-state index contributed by atoms with van der Waals surface area (Å²) in [6.45, 7) is 4.67. The summed E-state index contributed by atoms with van der Waals surface area (Å²) in [6.07, 6.45) is 0. The minimum Gasteiger partial charge on any atom is -0.456 e. The fourth-order valence-electron chi connectivity index (χ4n) is 8.43. The number of hydrogen-bond acceptors (Lipinski definition) is 4. The third-order valence-electron chi connectivity index (χ3n) is 11.0. The highest BCUT2D eigenvalue weighted by Crippen LogP contribution is 2.49. The minimum atomic E-state index is -0.0906. The summed E-state index contributed by atoms with van der Waals surface area (Å²) < 4.78 is 9.00. The molecular weight excluding hydrogens is 649 g/mol. The molecule has 0 saturated heterocycles. The topological polar surface area (TPSA) is 56.7 Å². The van der Waals surface area contributed by atoms with Crippen molar-refractivity contribution in [3.63, 3.8) is 0 Å². The Morgan fingerprint density at radius 3 is 1.81 bits per heavy atom. The minimum absolute atomic E-state index is 0.0906. The van der Waals surface area contributed by atoms with Crippen LogP contribution in [0.3, 0.4) is 0 Å². The van der Waals surface area contributed by atoms with Gasteiger partial charge in [0.25, 0.3) is 0 Å². The van der Waals surface area contributed by atoms with Crippen LogP contribution in [0.4, 0.5) is 0 Å². The Kier molecular flexibility index (Phi) is 6.23. The second-order valence-electron chi connectivity index (χ2n) is 14.5. The Morgan fingerprint density at radius 1 is 0.434 bits per heavy atom. The first-order valence-electron chi connectivity index (χ1n) is 18.0. The van der Waals surface area contributed by atoms with Crippen molar-refractivity contribution in [2.75, 3.05) is 0 Å². The van der Waals surface area contributed by atoms with Crippen LogP contribution in [0.1, 0.15) is 25.0 Å². The first-order valence-corrected chi connectivity index (χ1v) is 18.0. The molecule has 3 heterocycles. The van der Waals surface area contributed by atoms with Crippen molar-refractivity contribution in [2.45, 2.75) is 19.3 Å². The molecule has 0 fully saturated rings. The van der Waals surface area contributed by atoms with Gasteiger partial charge in [0.15, 0.2) is 17.5 Å². The van der Waals surface area contributed by atoms with Crippen molar-refractivity contribution < 1.29 is 4.42 Å². The molecule has 53 heavy (non-hydrogen) atoms. The van der Waals surface area contributed by atoms with Gasteiger partial charge >= 0.3 is 0 Å². The van der Waals surface area contributed by atoms with Gasteiger partial charge in [-0.05, 0) is 64.7 Å². The Morgan fingerprint density at radius 2 is 1.06 bits per heavy atom. The summed E-state index contributed by atoms with van der Waals surface area (Å²) >= 11 is 0. The van der Waals surface area contributed by atoms with E-state index in [9.17, 15) is 0 Å². The van der Waals surface area contributed by atoms with Crippen molar-refractivity contribution in [2.24, 2.45) is 0 Å². The van der Waals surface area contributed by atoms with Crippen molar-refractivity contribution >= 4 is 43.7 Å². The molecule has 1 aliphatic rings. The molecule has 0 amide bonds. The molecule has 250 valence electrons. The van der Waals surface area contributed by atoms with E-state index < -0.39 is 0 Å². The van der Waals surface area contributed by atoms with Crippen molar-refractivity contribution in [3.8, 4) is 51.0 Å². The molecule has 0 spiro atoms. The predicted octanol–water partition coefficient (Wildman–Crippen LogP) is 12.2. The average Bonchev–Trinajstić information content (AvgIpc) is 3.81. The highest BCUT2D eigenvalue weighted by atomic mass is 16.3. The second kappa shape index (κ2) is 11.1. The third kappa shape index (κ3) is 4.47. The number of para-hydroxylation sites is 1. The molecule has 5 heteroatoms. The zero-order valence-corrected chi connectivity index (χ0v) is 29.2. The van der Waals surface area contributed by atoms with Crippen LogP contribution in [0.15, 0.2) is 162 Å². The number of furan rings is 1. The van der Waals surface area contributed by atoms with Gasteiger partial charge in [0.05, 0.1) is 11.0 Å². The Bertz CT molecular complexity index is 3020. The molecule has 5 nitrogen and oxygen atoms in total. The molecule has 0 radical (unpaired) electrons. The van der Waals surface area contributed by atoms with Crippen LogP contribution in [0, 0.1) is 0 Å². The zero-order chi connectivity index (χ0) is 35.3. The van der Waals surface area contributed by atoms with Crippen LogP contribution in [0.25, 0.3) is 94.7 Å². The number of benzene rings is 7. The first kappa shape index (κ1) is 29.8. The van der Waals surface area contributed by atoms with Gasteiger partial charge in [0.1, 0.15) is 11.2 Å². The van der Waals surface area contributed by atoms with Crippen LogP contribution < -0.4 is 0 Å². The monoisotopic (exact) mass is 680 g/mol. The van der Waals surface area contributed by atoms with E-state index in [0.29, 0.717) is 17.5 Å². The van der Waals surface area contributed by atoms with Gasteiger partial charge in [-0.2, -0.15) is 0 Å². The van der Waals surface area contributed by atoms with E-state index in [1.165, 1.54) is 38.5 Å². The maximum absolute atomic E-state index is 6.61. The SMILES string of the molecule is CC1(C)c2ccccc2-c2ccc(-n3c4ccccc4c4cc5c(cc43)oc3ccc(-c4nc(-c6ccccc6)nc(-c6ccccc6)n4)cc35)cc21. The van der Waals surface area contributed by atoms with Crippen LogP contribution in [0.5, 0.6) is 0 Å². The van der Waals surface area contributed by atoms with Crippen molar-refractivity contribution in [1.82, 2.24) is 19.5 Å². The van der Waals surface area contributed by atoms with Crippen LogP contribution in [0.2, 0.25) is 0 Å². The van der Waals surface area contributed by atoms with E-state index in [0.717, 1.165) is 49.8 Å². The molecule has 3 aromatic heterocycles. The largest absolute Gasteiger partial charge is 0.456 e. The van der Waals surface area contributed by atoms with E-state index in [1.807, 2.05) is 72.8 Å². The quantitative estimate of drug-likeness (QED) is 0.186. The lowest BCUT2D eigenvalue weighted by atomic mass is 9.82. The lowest BCUT2D eigenvalue weighted by Crippen LogP contribution is -2.15. The molecule has 7 aromatic carbocycles. The maximum Gasteiger partial charge on any atom is 0.164 e. The number of fused-ring (bicyclic) bond motifs is 9. The van der Waals surface area contributed by atoms with Gasteiger partial charge in [-0.15, -0.1) is 0 Å². The van der Waals surface area contributed by atoms with E-state index >= 15 is 0 Å². The average molecular weight is 681 g/mol. The fraction of sp³-hybridized carbons (Fsp3) is 0.0625. The third-order valence-corrected chi connectivity index (χ3v) is 11.0. The lowest BCUT2D eigenvalue weighted by molar-refractivity contribution is 0.660. The molecule has 0 aliphatic heterocycles. The summed E-state index contributed by atoms with van der Waals surface area (Å²) in [6, 6.07) is 55.4. The Hall–Kier alpha value is -6.85. The molecule has 0 atom stereocenters. The molecule has 10 aromatic rings. The number of aromatic nitrogens is 4. The highest BCUT2D eigenvalue weighted by molar-refractivity contribution is 6.17. The van der Waals surface area contributed by atoms with Crippen LogP contribution >= 0.6 is 0 Å². The number of hydrogen-bond donors (Lipinski definition) is 0. The van der Waals surface area contributed by atoms with Gasteiger partial charge in [-0.3, -0.25) is 0 Å². The molecule has 0 N–H and O–H groups in total. The molecule has 1 aliphatic carbocycles. The van der Waals surface area contributed by atoms with Gasteiger partial charge in [-0.25, -0.2) is 15.0 Å². The maximum atomic E-state index is 6.61. The van der Waals surface area contributed by atoms with E-state index in [1.54, 1.807) is 0 Å². The summed E-state index contributed by atoms with van der Waals surface area (Å²) in [5, 5.41) is 4.47. The number of rotatable bonds is 4. The lowest BCUT2D eigenvalue weighted by Gasteiger charge is -2.22. The summed E-state index contributed by atoms with van der Waals surface area (Å²) in [5.74, 6) is 1.90. The number of nitrogens with zero attached hydrogens (tertiary/aromatic N) is 4. The van der Waals surface area contributed by atoms with E-state index in [2.05, 4.69) is 103 Å². The second-order valence-corrected chi connectivity index (χ2v) is 14.5. The van der Waals surface area contributed by atoms with Gasteiger partial charge < -0.3 is 8.98 Å².